The molecule has 0 bridgehead atoms. The van der Waals surface area contributed by atoms with E-state index >= 15 is 0 Å². The van der Waals surface area contributed by atoms with E-state index in [9.17, 15) is 4.79 Å². The van der Waals surface area contributed by atoms with E-state index in [1.165, 1.54) is 6.26 Å². The fourth-order valence-corrected chi connectivity index (χ4v) is 1.04. The van der Waals surface area contributed by atoms with Crippen LogP contribution in [0.3, 0.4) is 0 Å². The van der Waals surface area contributed by atoms with Crippen LogP contribution in [0.5, 0.6) is 0 Å². The molecule has 84 valence electrons. The van der Waals surface area contributed by atoms with E-state index in [2.05, 4.69) is 26.1 Å². The highest BCUT2D eigenvalue weighted by Crippen LogP contribution is 2.11. The molecule has 0 spiro atoms. The normalized spacial score (nSPS) is 11.7. The molecule has 2 N–H and O–H groups in total. The van der Waals surface area contributed by atoms with Crippen LogP contribution in [0.1, 0.15) is 43.3 Å². The molecule has 0 radical (unpaired) electrons. The Morgan fingerprint density at radius 2 is 2.27 bits per heavy atom. The van der Waals surface area contributed by atoms with Gasteiger partial charge in [0, 0.05) is 5.54 Å². The predicted octanol–water partition coefficient (Wildman–Crippen LogP) is 2.26. The van der Waals surface area contributed by atoms with Gasteiger partial charge in [-0.05, 0) is 26.3 Å². The average molecular weight is 211 g/mol. The van der Waals surface area contributed by atoms with E-state index in [-0.39, 0.29) is 11.1 Å². The van der Waals surface area contributed by atoms with E-state index in [1.54, 1.807) is 6.07 Å². The first-order valence-corrected chi connectivity index (χ1v) is 5.00. The van der Waals surface area contributed by atoms with Crippen molar-refractivity contribution in [2.45, 2.75) is 39.3 Å². The molecule has 0 atom stereocenters. The second-order valence-corrected chi connectivity index (χ2v) is 4.20. The molecule has 0 aromatic carbocycles. The largest absolute Gasteiger partial charge is 0.478 e. The number of nitrogens with one attached hydrogen (secondary N) is 1. The molecular formula is C11H17NO3. The summed E-state index contributed by atoms with van der Waals surface area (Å²) in [6, 6.07) is 1.54. The zero-order valence-electron chi connectivity index (χ0n) is 9.33. The van der Waals surface area contributed by atoms with Crippen molar-refractivity contribution >= 4 is 5.97 Å². The maximum absolute atomic E-state index is 10.6. The quantitative estimate of drug-likeness (QED) is 0.784. The number of furan rings is 1. The summed E-state index contributed by atoms with van der Waals surface area (Å²) in [5.41, 5.74) is 0.233. The minimum absolute atomic E-state index is 0.0379. The maximum atomic E-state index is 10.6. The number of rotatable bonds is 5. The molecule has 0 unspecified atom stereocenters. The Kier molecular flexibility index (Phi) is 3.52. The Balaban J connectivity index is 2.55. The maximum Gasteiger partial charge on any atom is 0.338 e. The number of hydrogen-bond donors (Lipinski definition) is 2. The van der Waals surface area contributed by atoms with Gasteiger partial charge in [-0.25, -0.2) is 4.79 Å². The number of carbonyl (C=O) groups is 1. The fraction of sp³-hybridized carbons (Fsp3) is 0.545. The van der Waals surface area contributed by atoms with E-state index in [0.29, 0.717) is 12.3 Å². The topological polar surface area (TPSA) is 62.5 Å². The highest BCUT2D eigenvalue weighted by Gasteiger charge is 2.15. The van der Waals surface area contributed by atoms with Gasteiger partial charge >= 0.3 is 5.97 Å². The summed E-state index contributed by atoms with van der Waals surface area (Å²) < 4.78 is 5.12. The number of hydrogen-bond acceptors (Lipinski definition) is 3. The van der Waals surface area contributed by atoms with Crippen LogP contribution in [0.2, 0.25) is 0 Å². The third kappa shape index (κ3) is 3.40. The summed E-state index contributed by atoms with van der Waals surface area (Å²) in [4.78, 5) is 10.6. The second-order valence-electron chi connectivity index (χ2n) is 4.20. The van der Waals surface area contributed by atoms with Crippen LogP contribution in [0.4, 0.5) is 0 Å². The highest BCUT2D eigenvalue weighted by atomic mass is 16.4. The van der Waals surface area contributed by atoms with Gasteiger partial charge in [0.1, 0.15) is 12.0 Å². The molecule has 1 aromatic heterocycles. The number of carboxylic acids is 1. The summed E-state index contributed by atoms with van der Waals surface area (Å²) in [6.45, 7) is 6.83. The Morgan fingerprint density at radius 1 is 1.60 bits per heavy atom. The first-order valence-electron chi connectivity index (χ1n) is 5.00. The zero-order valence-corrected chi connectivity index (χ0v) is 9.33. The van der Waals surface area contributed by atoms with Gasteiger partial charge in [0.05, 0.1) is 12.1 Å². The lowest BCUT2D eigenvalue weighted by Gasteiger charge is -2.23. The molecule has 0 aliphatic rings. The van der Waals surface area contributed by atoms with Gasteiger partial charge in [0.25, 0.3) is 0 Å². The van der Waals surface area contributed by atoms with Crippen LogP contribution in [0.15, 0.2) is 16.7 Å². The van der Waals surface area contributed by atoms with Crippen LogP contribution >= 0.6 is 0 Å². The molecule has 0 saturated carbocycles. The van der Waals surface area contributed by atoms with Gasteiger partial charge in [-0.3, -0.25) is 0 Å². The molecule has 0 aliphatic heterocycles. The van der Waals surface area contributed by atoms with Crippen LogP contribution < -0.4 is 5.32 Å². The van der Waals surface area contributed by atoms with E-state index in [1.807, 2.05) is 0 Å². The standard InChI is InChI=1S/C11H17NO3/c1-4-11(2,3)12-6-9-5-8(7-15-9)10(13)14/h5,7,12H,4,6H2,1-3H3,(H,13,14). The van der Waals surface area contributed by atoms with Crippen molar-refractivity contribution in [3.05, 3.63) is 23.7 Å². The summed E-state index contributed by atoms with van der Waals surface area (Å²) in [6.07, 6.45) is 2.26. The average Bonchev–Trinajstić information content (AvgIpc) is 2.63. The lowest BCUT2D eigenvalue weighted by Crippen LogP contribution is -2.37. The third-order valence-electron chi connectivity index (χ3n) is 2.53. The van der Waals surface area contributed by atoms with Crippen LogP contribution in [0.25, 0.3) is 0 Å². The van der Waals surface area contributed by atoms with E-state index in [0.717, 1.165) is 6.42 Å². The Bertz CT molecular complexity index is 341. The van der Waals surface area contributed by atoms with Crippen molar-refractivity contribution in [3.8, 4) is 0 Å². The molecule has 4 nitrogen and oxygen atoms in total. The Morgan fingerprint density at radius 3 is 2.73 bits per heavy atom. The first-order chi connectivity index (χ1) is 6.94. The lowest BCUT2D eigenvalue weighted by atomic mass is 10.0. The number of aromatic carboxylic acids is 1. The molecule has 1 rings (SSSR count). The van der Waals surface area contributed by atoms with Gasteiger partial charge in [-0.15, -0.1) is 0 Å². The Labute approximate surface area is 89.3 Å². The molecule has 0 aliphatic carbocycles. The molecular weight excluding hydrogens is 194 g/mol. The van der Waals surface area contributed by atoms with Crippen molar-refractivity contribution < 1.29 is 14.3 Å². The first kappa shape index (κ1) is 11.8. The van der Waals surface area contributed by atoms with Gasteiger partial charge < -0.3 is 14.8 Å². The smallest absolute Gasteiger partial charge is 0.338 e. The van der Waals surface area contributed by atoms with Gasteiger partial charge in [0.15, 0.2) is 0 Å². The fourth-order valence-electron chi connectivity index (χ4n) is 1.04. The molecule has 1 aromatic rings. The second kappa shape index (κ2) is 4.49. The van der Waals surface area contributed by atoms with Gasteiger partial charge in [-0.2, -0.15) is 0 Å². The highest BCUT2D eigenvalue weighted by molar-refractivity contribution is 5.87. The van der Waals surface area contributed by atoms with Crippen molar-refractivity contribution in [1.82, 2.24) is 5.32 Å². The van der Waals surface area contributed by atoms with Gasteiger partial charge in [0.2, 0.25) is 0 Å². The minimum Gasteiger partial charge on any atom is -0.478 e. The van der Waals surface area contributed by atoms with Crippen molar-refractivity contribution in [2.75, 3.05) is 0 Å². The zero-order chi connectivity index (χ0) is 11.5. The summed E-state index contributed by atoms with van der Waals surface area (Å²) >= 11 is 0. The van der Waals surface area contributed by atoms with Crippen molar-refractivity contribution in [1.29, 1.82) is 0 Å². The van der Waals surface area contributed by atoms with Gasteiger partial charge in [-0.1, -0.05) is 6.92 Å². The Hall–Kier alpha value is -1.29. The van der Waals surface area contributed by atoms with E-state index in [4.69, 9.17) is 9.52 Å². The summed E-state index contributed by atoms with van der Waals surface area (Å²) in [7, 11) is 0. The molecule has 4 heteroatoms. The third-order valence-corrected chi connectivity index (χ3v) is 2.53. The van der Waals surface area contributed by atoms with E-state index < -0.39 is 5.97 Å². The van der Waals surface area contributed by atoms with Crippen LogP contribution in [-0.2, 0) is 6.54 Å². The molecule has 0 amide bonds. The SMILES string of the molecule is CCC(C)(C)NCc1cc(C(=O)O)co1. The number of carboxylic acid groups (broad SMARTS) is 1. The summed E-state index contributed by atoms with van der Waals surface area (Å²) in [5.74, 6) is -0.311. The lowest BCUT2D eigenvalue weighted by molar-refractivity contribution is 0.0696. The molecule has 0 fully saturated rings. The minimum atomic E-state index is -0.959. The molecule has 15 heavy (non-hydrogen) atoms. The van der Waals surface area contributed by atoms with Crippen LogP contribution in [-0.4, -0.2) is 16.6 Å². The summed E-state index contributed by atoms with van der Waals surface area (Å²) in [5, 5.41) is 12.0. The molecule has 1 heterocycles. The van der Waals surface area contributed by atoms with Crippen LogP contribution in [0, 0.1) is 0 Å². The monoisotopic (exact) mass is 211 g/mol. The predicted molar refractivity (Wildman–Crippen MR) is 56.9 cm³/mol. The van der Waals surface area contributed by atoms with Crippen molar-refractivity contribution in [2.24, 2.45) is 0 Å². The van der Waals surface area contributed by atoms with Crippen molar-refractivity contribution in [3.63, 3.8) is 0 Å². The molecule has 0 saturated heterocycles.